The van der Waals surface area contributed by atoms with Crippen LogP contribution in [0.25, 0.3) is 0 Å². The number of rotatable bonds is 6. The van der Waals surface area contributed by atoms with Gasteiger partial charge in [-0.1, -0.05) is 48.5 Å². The lowest BCUT2D eigenvalue weighted by atomic mass is 10.1. The predicted octanol–water partition coefficient (Wildman–Crippen LogP) is 3.97. The molecule has 0 bridgehead atoms. The van der Waals surface area contributed by atoms with Gasteiger partial charge in [-0.2, -0.15) is 5.10 Å². The molecule has 0 fully saturated rings. The highest BCUT2D eigenvalue weighted by molar-refractivity contribution is 6.39. The van der Waals surface area contributed by atoms with Gasteiger partial charge in [-0.3, -0.25) is 9.59 Å². The molecule has 0 saturated heterocycles. The number of hydrogen-bond acceptors (Lipinski definition) is 4. The fourth-order valence-electron chi connectivity index (χ4n) is 2.90. The summed E-state index contributed by atoms with van der Waals surface area (Å²) in [5.41, 5.74) is 6.53. The number of nitrogens with one attached hydrogen (secondary N) is 2. The molecule has 6 heteroatoms. The minimum absolute atomic E-state index is 0.413. The Bertz CT molecular complexity index is 1040. The molecule has 3 aromatic carbocycles. The number of benzene rings is 3. The zero-order valence-corrected chi connectivity index (χ0v) is 16.9. The van der Waals surface area contributed by atoms with Crippen molar-refractivity contribution in [2.24, 2.45) is 5.10 Å². The highest BCUT2D eigenvalue weighted by Gasteiger charge is 2.13. The predicted molar refractivity (Wildman–Crippen MR) is 117 cm³/mol. The molecule has 0 aromatic heterocycles. The Hall–Kier alpha value is -3.93. The van der Waals surface area contributed by atoms with Crippen molar-refractivity contribution in [3.63, 3.8) is 0 Å². The lowest BCUT2D eigenvalue weighted by Crippen LogP contribution is -2.32. The summed E-state index contributed by atoms with van der Waals surface area (Å²) in [4.78, 5) is 24.1. The number of aryl methyl sites for hydroxylation is 2. The highest BCUT2D eigenvalue weighted by atomic mass is 16.5. The molecular formula is C24H23N3O3. The van der Waals surface area contributed by atoms with E-state index in [9.17, 15) is 9.59 Å². The molecule has 2 amide bonds. The third-order valence-electron chi connectivity index (χ3n) is 4.21. The average molecular weight is 401 g/mol. The number of amides is 2. The Kier molecular flexibility index (Phi) is 6.95. The first-order valence-electron chi connectivity index (χ1n) is 9.50. The molecule has 0 heterocycles. The second kappa shape index (κ2) is 10.0. The summed E-state index contributed by atoms with van der Waals surface area (Å²) in [7, 11) is 0. The van der Waals surface area contributed by atoms with Crippen molar-refractivity contribution in [3.8, 4) is 5.75 Å². The Morgan fingerprint density at radius 2 is 1.57 bits per heavy atom. The van der Waals surface area contributed by atoms with Gasteiger partial charge in [-0.25, -0.2) is 5.43 Å². The molecule has 0 atom stereocenters. The third kappa shape index (κ3) is 6.04. The Morgan fingerprint density at radius 1 is 0.900 bits per heavy atom. The van der Waals surface area contributed by atoms with Crippen molar-refractivity contribution >= 4 is 23.7 Å². The van der Waals surface area contributed by atoms with Gasteiger partial charge in [0, 0.05) is 11.3 Å². The smallest absolute Gasteiger partial charge is 0.329 e. The summed E-state index contributed by atoms with van der Waals surface area (Å²) in [5.74, 6) is -1.02. The number of hydrazone groups is 1. The van der Waals surface area contributed by atoms with Crippen molar-refractivity contribution in [1.29, 1.82) is 0 Å². The summed E-state index contributed by atoms with van der Waals surface area (Å²) in [5, 5.41) is 6.46. The van der Waals surface area contributed by atoms with Crippen molar-refractivity contribution < 1.29 is 14.3 Å². The topological polar surface area (TPSA) is 79.8 Å². The Balaban J connectivity index is 1.58. The van der Waals surface area contributed by atoms with Crippen molar-refractivity contribution in [2.75, 3.05) is 5.32 Å². The molecule has 30 heavy (non-hydrogen) atoms. The quantitative estimate of drug-likeness (QED) is 0.373. The molecule has 152 valence electrons. The lowest BCUT2D eigenvalue weighted by Gasteiger charge is -2.09. The van der Waals surface area contributed by atoms with E-state index in [2.05, 4.69) is 15.8 Å². The van der Waals surface area contributed by atoms with Gasteiger partial charge >= 0.3 is 11.8 Å². The molecule has 0 spiro atoms. The molecule has 0 unspecified atom stereocenters. The van der Waals surface area contributed by atoms with E-state index in [1.165, 1.54) is 6.21 Å². The van der Waals surface area contributed by atoms with Gasteiger partial charge in [0.25, 0.3) is 0 Å². The largest absolute Gasteiger partial charge is 0.488 e. The summed E-state index contributed by atoms with van der Waals surface area (Å²) in [6, 6.07) is 22.7. The normalized spacial score (nSPS) is 10.6. The van der Waals surface area contributed by atoms with Crippen LogP contribution in [0.4, 0.5) is 5.69 Å². The second-order valence-electron chi connectivity index (χ2n) is 6.84. The van der Waals surface area contributed by atoms with Gasteiger partial charge in [0.1, 0.15) is 12.4 Å². The third-order valence-corrected chi connectivity index (χ3v) is 4.21. The number of ether oxygens (including phenoxy) is 1. The van der Waals surface area contributed by atoms with Gasteiger partial charge in [-0.15, -0.1) is 0 Å². The molecule has 3 rings (SSSR count). The van der Waals surface area contributed by atoms with Crippen LogP contribution >= 0.6 is 0 Å². The minimum atomic E-state index is -0.854. The van der Waals surface area contributed by atoms with Crippen molar-refractivity contribution in [3.05, 3.63) is 95.1 Å². The summed E-state index contributed by atoms with van der Waals surface area (Å²) in [6.07, 6.45) is 1.45. The zero-order chi connectivity index (χ0) is 21.3. The maximum atomic E-state index is 12.1. The number of anilines is 1. The number of hydrogen-bond donors (Lipinski definition) is 2. The molecule has 0 aliphatic carbocycles. The van der Waals surface area contributed by atoms with Crippen LogP contribution < -0.4 is 15.5 Å². The maximum Gasteiger partial charge on any atom is 0.329 e. The SMILES string of the molecule is Cc1cc(C)cc(NC(=O)C(=O)N/N=C\c2ccccc2OCc2ccccc2)c1. The summed E-state index contributed by atoms with van der Waals surface area (Å²) >= 11 is 0. The van der Waals surface area contributed by atoms with E-state index in [0.717, 1.165) is 16.7 Å². The fraction of sp³-hybridized carbons (Fsp3) is 0.125. The second-order valence-corrected chi connectivity index (χ2v) is 6.84. The number of carbonyl (C=O) groups excluding carboxylic acids is 2. The Morgan fingerprint density at radius 3 is 2.30 bits per heavy atom. The van der Waals surface area contributed by atoms with E-state index < -0.39 is 11.8 Å². The van der Waals surface area contributed by atoms with Crippen molar-refractivity contribution in [2.45, 2.75) is 20.5 Å². The number of nitrogens with zero attached hydrogens (tertiary/aromatic N) is 1. The molecule has 0 aliphatic rings. The first-order valence-corrected chi connectivity index (χ1v) is 9.50. The molecule has 3 aromatic rings. The van der Waals surface area contributed by atoms with Crippen LogP contribution in [0.15, 0.2) is 77.9 Å². The summed E-state index contributed by atoms with van der Waals surface area (Å²) < 4.78 is 5.85. The molecular weight excluding hydrogens is 378 g/mol. The Labute approximate surface area is 175 Å². The molecule has 0 saturated carbocycles. The first kappa shape index (κ1) is 20.8. The zero-order valence-electron chi connectivity index (χ0n) is 16.9. The van der Waals surface area contributed by atoms with Crippen LogP contribution in [0.2, 0.25) is 0 Å². The lowest BCUT2D eigenvalue weighted by molar-refractivity contribution is -0.136. The van der Waals surface area contributed by atoms with E-state index in [1.807, 2.05) is 74.5 Å². The van der Waals surface area contributed by atoms with Gasteiger partial charge in [0.15, 0.2) is 0 Å². The monoisotopic (exact) mass is 401 g/mol. The van der Waals surface area contributed by atoms with Crippen LogP contribution in [0, 0.1) is 13.8 Å². The highest BCUT2D eigenvalue weighted by Crippen LogP contribution is 2.17. The first-order chi connectivity index (χ1) is 14.5. The van der Waals surface area contributed by atoms with Crippen LogP contribution in [0.1, 0.15) is 22.3 Å². The van der Waals surface area contributed by atoms with Gasteiger partial charge < -0.3 is 10.1 Å². The van der Waals surface area contributed by atoms with E-state index in [4.69, 9.17) is 4.74 Å². The van der Waals surface area contributed by atoms with Gasteiger partial charge in [0.05, 0.1) is 6.21 Å². The average Bonchev–Trinajstić information content (AvgIpc) is 2.73. The van der Waals surface area contributed by atoms with E-state index in [0.29, 0.717) is 23.6 Å². The summed E-state index contributed by atoms with van der Waals surface area (Å²) in [6.45, 7) is 4.25. The number of para-hydroxylation sites is 1. The number of carbonyl (C=O) groups is 2. The van der Waals surface area contributed by atoms with Crippen LogP contribution in [-0.4, -0.2) is 18.0 Å². The standard InChI is InChI=1S/C24H23N3O3/c1-17-12-18(2)14-21(13-17)26-23(28)24(29)27-25-15-20-10-6-7-11-22(20)30-16-19-8-4-3-5-9-19/h3-15H,16H2,1-2H3,(H,26,28)(H,27,29)/b25-15-. The van der Waals surface area contributed by atoms with Gasteiger partial charge in [-0.05, 0) is 54.8 Å². The van der Waals surface area contributed by atoms with Gasteiger partial charge in [0.2, 0.25) is 0 Å². The fourth-order valence-corrected chi connectivity index (χ4v) is 2.90. The van der Waals surface area contributed by atoms with E-state index in [1.54, 1.807) is 12.1 Å². The molecule has 2 N–H and O–H groups in total. The van der Waals surface area contributed by atoms with E-state index in [-0.39, 0.29) is 0 Å². The maximum absolute atomic E-state index is 12.1. The van der Waals surface area contributed by atoms with Crippen molar-refractivity contribution in [1.82, 2.24) is 5.43 Å². The van der Waals surface area contributed by atoms with Crippen LogP contribution in [0.5, 0.6) is 5.75 Å². The molecule has 6 nitrogen and oxygen atoms in total. The molecule has 0 radical (unpaired) electrons. The minimum Gasteiger partial charge on any atom is -0.488 e. The van der Waals surface area contributed by atoms with Crippen LogP contribution in [0.3, 0.4) is 0 Å². The van der Waals surface area contributed by atoms with Crippen LogP contribution in [-0.2, 0) is 16.2 Å². The molecule has 0 aliphatic heterocycles. The van der Waals surface area contributed by atoms with E-state index >= 15 is 0 Å².